The fourth-order valence-electron chi connectivity index (χ4n) is 3.23. The van der Waals surface area contributed by atoms with E-state index in [1.807, 2.05) is 32.0 Å². The summed E-state index contributed by atoms with van der Waals surface area (Å²) in [6, 6.07) is 12.1. The van der Waals surface area contributed by atoms with Gasteiger partial charge in [0.2, 0.25) is 0 Å². The molecule has 0 spiro atoms. The molecule has 0 aliphatic heterocycles. The number of halogens is 1. The fraction of sp³-hybridized carbons (Fsp3) is 0.240. The van der Waals surface area contributed by atoms with Crippen LogP contribution in [0, 0.1) is 32.0 Å². The van der Waals surface area contributed by atoms with E-state index in [0.29, 0.717) is 11.3 Å². The van der Waals surface area contributed by atoms with Crippen LogP contribution in [0.4, 0.5) is 4.39 Å². The normalized spacial score (nSPS) is 11.7. The Hall–Kier alpha value is -3.10. The minimum absolute atomic E-state index is 0.162. The highest BCUT2D eigenvalue weighted by Crippen LogP contribution is 2.37. The maximum absolute atomic E-state index is 13.5. The Labute approximate surface area is 179 Å². The molecule has 0 saturated carbocycles. The van der Waals surface area contributed by atoms with Crippen LogP contribution in [-0.2, 0) is 15.1 Å². The first-order valence-corrected chi connectivity index (χ1v) is 10.8. The van der Waals surface area contributed by atoms with Gasteiger partial charge in [-0.3, -0.25) is 0 Å². The molecule has 1 aromatic heterocycles. The average molecular weight is 424 g/mol. The second-order valence-corrected chi connectivity index (χ2v) is 9.28. The van der Waals surface area contributed by atoms with Crippen molar-refractivity contribution >= 4 is 16.4 Å². The number of carbonyl (C=O) groups excluding carboxylic acids is 1. The summed E-state index contributed by atoms with van der Waals surface area (Å²) in [6.07, 6.45) is 5.47. The zero-order valence-corrected chi connectivity index (χ0v) is 18.3. The maximum Gasteiger partial charge on any atom is 0.345 e. The molecule has 154 valence electrons. The molecular formula is C25H24FO3S+. The van der Waals surface area contributed by atoms with Crippen LogP contribution in [0.15, 0.2) is 53.2 Å². The van der Waals surface area contributed by atoms with Gasteiger partial charge in [0.1, 0.15) is 22.5 Å². The highest BCUT2D eigenvalue weighted by molar-refractivity contribution is 7.37. The lowest BCUT2D eigenvalue weighted by Crippen LogP contribution is -2.28. The highest BCUT2D eigenvalue weighted by atomic mass is 32.2. The van der Waals surface area contributed by atoms with Gasteiger partial charge in [0.05, 0.1) is 5.56 Å². The van der Waals surface area contributed by atoms with E-state index in [4.69, 9.17) is 15.9 Å². The molecule has 3 rings (SSSR count). The van der Waals surface area contributed by atoms with E-state index >= 15 is 0 Å². The quantitative estimate of drug-likeness (QED) is 0.276. The van der Waals surface area contributed by atoms with Gasteiger partial charge in [-0.05, 0) is 56.5 Å². The van der Waals surface area contributed by atoms with Crippen molar-refractivity contribution in [1.29, 1.82) is 0 Å². The third kappa shape index (κ3) is 4.90. The van der Waals surface area contributed by atoms with Gasteiger partial charge in [-0.2, -0.15) is 0 Å². The van der Waals surface area contributed by atoms with E-state index in [-0.39, 0.29) is 22.9 Å². The summed E-state index contributed by atoms with van der Waals surface area (Å²) in [4.78, 5) is 13.5. The Kier molecular flexibility index (Phi) is 6.28. The van der Waals surface area contributed by atoms with Crippen molar-refractivity contribution in [1.82, 2.24) is 0 Å². The molecule has 2 aromatic carbocycles. The molecule has 3 nitrogen and oxygen atoms in total. The number of benzene rings is 2. The van der Waals surface area contributed by atoms with E-state index in [1.165, 1.54) is 12.1 Å². The lowest BCUT2D eigenvalue weighted by atomic mass is 9.98. The Balaban J connectivity index is 1.69. The van der Waals surface area contributed by atoms with Crippen molar-refractivity contribution < 1.29 is 18.7 Å². The molecule has 0 bridgehead atoms. The zero-order valence-electron chi connectivity index (χ0n) is 17.5. The fourth-order valence-corrected chi connectivity index (χ4v) is 4.94. The SMILES string of the molecule is C#Cc1cc[s+](-c2cc(C)c(OCC(=O)OC(C)(C)c3cccc(F)c3)c(C)c2)c1. The number of terminal acetylenes is 1. The standard InChI is InChI=1S/C25H24FO3S/c1-6-19-10-11-30(16-19)22-12-17(2)24(18(3)13-22)28-15-23(27)29-25(4,5)20-8-7-9-21(26)14-20/h1,7-14,16H,15H2,2-5H3/q+1. The highest BCUT2D eigenvalue weighted by Gasteiger charge is 2.26. The molecule has 0 aliphatic carbocycles. The van der Waals surface area contributed by atoms with Gasteiger partial charge in [0.25, 0.3) is 0 Å². The minimum atomic E-state index is -0.965. The van der Waals surface area contributed by atoms with Gasteiger partial charge in [0, 0.05) is 28.7 Å². The summed E-state index contributed by atoms with van der Waals surface area (Å²) >= 11 is 0. The van der Waals surface area contributed by atoms with E-state index in [2.05, 4.69) is 16.7 Å². The lowest BCUT2D eigenvalue weighted by molar-refractivity contribution is -0.159. The van der Waals surface area contributed by atoms with Crippen molar-refractivity contribution in [2.45, 2.75) is 33.3 Å². The topological polar surface area (TPSA) is 35.5 Å². The average Bonchev–Trinajstić information content (AvgIpc) is 3.16. The summed E-state index contributed by atoms with van der Waals surface area (Å²) in [5, 5.41) is 4.16. The molecule has 0 radical (unpaired) electrons. The van der Waals surface area contributed by atoms with Gasteiger partial charge in [-0.25, -0.2) is 9.18 Å². The molecule has 1 atom stereocenters. The van der Waals surface area contributed by atoms with E-state index in [0.717, 1.165) is 21.6 Å². The maximum atomic E-state index is 13.5. The van der Waals surface area contributed by atoms with Gasteiger partial charge < -0.3 is 9.47 Å². The van der Waals surface area contributed by atoms with Gasteiger partial charge >= 0.3 is 5.97 Å². The third-order valence-corrected chi connectivity index (χ3v) is 6.46. The molecule has 5 heteroatoms. The second kappa shape index (κ2) is 8.73. The van der Waals surface area contributed by atoms with Gasteiger partial charge in [-0.15, -0.1) is 6.42 Å². The van der Waals surface area contributed by atoms with Gasteiger partial charge in [-0.1, -0.05) is 18.1 Å². The molecule has 0 aliphatic rings. The number of hydrogen-bond acceptors (Lipinski definition) is 3. The number of hydrogen-bond donors (Lipinski definition) is 0. The van der Waals surface area contributed by atoms with Crippen LogP contribution in [0.25, 0.3) is 4.90 Å². The van der Waals surface area contributed by atoms with Crippen molar-refractivity contribution in [2.24, 2.45) is 0 Å². The van der Waals surface area contributed by atoms with Crippen LogP contribution in [0.5, 0.6) is 5.75 Å². The number of aryl methyl sites for hydroxylation is 2. The van der Waals surface area contributed by atoms with Crippen LogP contribution in [0.3, 0.4) is 0 Å². The Morgan fingerprint density at radius 1 is 1.17 bits per heavy atom. The third-order valence-electron chi connectivity index (χ3n) is 4.74. The van der Waals surface area contributed by atoms with Crippen molar-refractivity contribution in [3.8, 4) is 23.0 Å². The van der Waals surface area contributed by atoms with Crippen LogP contribution in [0.2, 0.25) is 0 Å². The molecular weight excluding hydrogens is 399 g/mol. The molecule has 0 N–H and O–H groups in total. The first kappa shape index (κ1) is 21.6. The van der Waals surface area contributed by atoms with Crippen molar-refractivity contribution in [3.63, 3.8) is 0 Å². The first-order valence-electron chi connectivity index (χ1n) is 9.50. The van der Waals surface area contributed by atoms with E-state index < -0.39 is 11.6 Å². The molecule has 0 amide bonds. The second-order valence-electron chi connectivity index (χ2n) is 7.56. The summed E-state index contributed by atoms with van der Waals surface area (Å²) in [5.74, 6) is 2.42. The summed E-state index contributed by atoms with van der Waals surface area (Å²) in [6.45, 7) is 7.11. The monoisotopic (exact) mass is 423 g/mol. The van der Waals surface area contributed by atoms with Crippen molar-refractivity contribution in [2.75, 3.05) is 6.61 Å². The first-order chi connectivity index (χ1) is 14.2. The molecule has 30 heavy (non-hydrogen) atoms. The molecule has 0 saturated heterocycles. The minimum Gasteiger partial charge on any atom is -0.481 e. The van der Waals surface area contributed by atoms with Crippen LogP contribution >= 0.6 is 10.5 Å². The van der Waals surface area contributed by atoms with E-state index in [9.17, 15) is 9.18 Å². The van der Waals surface area contributed by atoms with Crippen LogP contribution < -0.4 is 4.74 Å². The lowest BCUT2D eigenvalue weighted by Gasteiger charge is -2.26. The number of thiophene rings is 1. The van der Waals surface area contributed by atoms with Crippen LogP contribution in [-0.4, -0.2) is 12.6 Å². The smallest absolute Gasteiger partial charge is 0.345 e. The molecule has 1 unspecified atom stereocenters. The Morgan fingerprint density at radius 2 is 1.87 bits per heavy atom. The Morgan fingerprint density at radius 3 is 2.47 bits per heavy atom. The molecule has 0 fully saturated rings. The summed E-state index contributed by atoms with van der Waals surface area (Å²) in [7, 11) is -0.162. The van der Waals surface area contributed by atoms with Crippen LogP contribution in [0.1, 0.15) is 36.1 Å². The predicted molar refractivity (Wildman–Crippen MR) is 119 cm³/mol. The largest absolute Gasteiger partial charge is 0.481 e. The molecule has 3 aromatic rings. The number of esters is 1. The number of rotatable bonds is 6. The number of ether oxygens (including phenoxy) is 2. The number of carbonyl (C=O) groups is 1. The Bertz CT molecular complexity index is 1100. The van der Waals surface area contributed by atoms with E-state index in [1.54, 1.807) is 26.0 Å². The summed E-state index contributed by atoms with van der Waals surface area (Å²) < 4.78 is 24.8. The van der Waals surface area contributed by atoms with Gasteiger partial charge in [0.15, 0.2) is 16.9 Å². The molecule has 1 heterocycles. The van der Waals surface area contributed by atoms with Crippen molar-refractivity contribution in [3.05, 3.63) is 81.3 Å². The zero-order chi connectivity index (χ0) is 21.9. The predicted octanol–water partition coefficient (Wildman–Crippen LogP) is 6.02. The summed E-state index contributed by atoms with van der Waals surface area (Å²) in [5.41, 5.74) is 2.37.